The van der Waals surface area contributed by atoms with Crippen LogP contribution in [0.3, 0.4) is 0 Å². The van der Waals surface area contributed by atoms with E-state index >= 15 is 0 Å². The van der Waals surface area contributed by atoms with Crippen molar-refractivity contribution in [3.05, 3.63) is 58.6 Å². The molecule has 11 heteroatoms. The molecule has 0 saturated carbocycles. The summed E-state index contributed by atoms with van der Waals surface area (Å²) in [6, 6.07) is 10.6. The first-order valence-corrected chi connectivity index (χ1v) is 12.3. The molecule has 0 spiro atoms. The Labute approximate surface area is 196 Å². The molecule has 0 bridgehead atoms. The first-order valence-electron chi connectivity index (χ1n) is 10.9. The molecule has 34 heavy (non-hydrogen) atoms. The first-order chi connectivity index (χ1) is 16.2. The second kappa shape index (κ2) is 9.43. The van der Waals surface area contributed by atoms with E-state index in [-0.39, 0.29) is 36.1 Å². The van der Waals surface area contributed by atoms with Gasteiger partial charge in [-0.1, -0.05) is 0 Å². The van der Waals surface area contributed by atoms with E-state index in [0.717, 1.165) is 0 Å². The maximum Gasteiger partial charge on any atom is 0.419 e. The predicted octanol–water partition coefficient (Wildman–Crippen LogP) is 2.35. The van der Waals surface area contributed by atoms with Crippen LogP contribution in [0.25, 0.3) is 11.1 Å². The van der Waals surface area contributed by atoms with Crippen LogP contribution in [0.15, 0.2) is 56.6 Å². The fraction of sp³-hybridized carbons (Fsp3) is 0.348. The van der Waals surface area contributed by atoms with E-state index in [0.29, 0.717) is 29.6 Å². The summed E-state index contributed by atoms with van der Waals surface area (Å²) in [6.07, 6.45) is 1.08. The molecular formula is C23H25N3O7S. The number of nitrogens with one attached hydrogen (secondary N) is 1. The SMILES string of the molecule is CCOC(=O)c1ccc(NC(=O)C2CCCN(S(=O)(=O)c3ccc4c(c3)oc(=O)n4C)C2)cc1. The van der Waals surface area contributed by atoms with Crippen LogP contribution in [-0.2, 0) is 26.6 Å². The van der Waals surface area contributed by atoms with Gasteiger partial charge in [0.25, 0.3) is 0 Å². The van der Waals surface area contributed by atoms with Gasteiger partial charge in [-0.15, -0.1) is 0 Å². The number of sulfonamides is 1. The quantitative estimate of drug-likeness (QED) is 0.529. The second-order valence-corrected chi connectivity index (χ2v) is 9.98. The Balaban J connectivity index is 1.46. The topological polar surface area (TPSA) is 128 Å². The lowest BCUT2D eigenvalue weighted by molar-refractivity contribution is -0.120. The molecule has 1 aliphatic heterocycles. The lowest BCUT2D eigenvalue weighted by Crippen LogP contribution is -2.43. The van der Waals surface area contributed by atoms with E-state index < -0.39 is 27.7 Å². The summed E-state index contributed by atoms with van der Waals surface area (Å²) in [7, 11) is -2.34. The maximum atomic E-state index is 13.2. The normalized spacial score (nSPS) is 16.9. The van der Waals surface area contributed by atoms with E-state index in [9.17, 15) is 22.8 Å². The molecular weight excluding hydrogens is 462 g/mol. The molecule has 2 aromatic carbocycles. The van der Waals surface area contributed by atoms with Gasteiger partial charge < -0.3 is 14.5 Å². The van der Waals surface area contributed by atoms with E-state index in [1.54, 1.807) is 38.2 Å². The summed E-state index contributed by atoms with van der Waals surface area (Å²) in [5.41, 5.74) is 1.56. The number of benzene rings is 2. The number of hydrogen-bond donors (Lipinski definition) is 1. The molecule has 1 unspecified atom stereocenters. The Hall–Kier alpha value is -3.44. The summed E-state index contributed by atoms with van der Waals surface area (Å²) in [4.78, 5) is 36.3. The van der Waals surface area contributed by atoms with Crippen LogP contribution in [0.1, 0.15) is 30.1 Å². The van der Waals surface area contributed by atoms with Crippen LogP contribution in [0.5, 0.6) is 0 Å². The van der Waals surface area contributed by atoms with Crippen LogP contribution in [-0.4, -0.2) is 48.9 Å². The molecule has 2 heterocycles. The minimum Gasteiger partial charge on any atom is -0.462 e. The Morgan fingerprint density at radius 1 is 1.18 bits per heavy atom. The number of nitrogens with zero attached hydrogens (tertiary/aromatic N) is 2. The Morgan fingerprint density at radius 2 is 1.91 bits per heavy atom. The molecule has 4 rings (SSSR count). The molecule has 1 N–H and O–H groups in total. The molecule has 10 nitrogen and oxygen atoms in total. The number of oxazole rings is 1. The van der Waals surface area contributed by atoms with Gasteiger partial charge in [-0.3, -0.25) is 9.36 Å². The molecule has 1 amide bonds. The predicted molar refractivity (Wildman–Crippen MR) is 124 cm³/mol. The highest BCUT2D eigenvalue weighted by atomic mass is 32.2. The lowest BCUT2D eigenvalue weighted by Gasteiger charge is -2.31. The van der Waals surface area contributed by atoms with E-state index in [2.05, 4.69) is 5.32 Å². The van der Waals surface area contributed by atoms with Crippen LogP contribution in [0.2, 0.25) is 0 Å². The number of esters is 1. The highest BCUT2D eigenvalue weighted by Gasteiger charge is 2.33. The third kappa shape index (κ3) is 4.62. The number of anilines is 1. The van der Waals surface area contributed by atoms with Gasteiger partial charge in [-0.25, -0.2) is 18.0 Å². The zero-order valence-corrected chi connectivity index (χ0v) is 19.6. The third-order valence-electron chi connectivity index (χ3n) is 5.82. The summed E-state index contributed by atoms with van der Waals surface area (Å²) < 4.78 is 39.1. The van der Waals surface area contributed by atoms with Gasteiger partial charge in [0, 0.05) is 31.9 Å². The summed E-state index contributed by atoms with van der Waals surface area (Å²) in [5.74, 6) is -1.85. The monoisotopic (exact) mass is 487 g/mol. The van der Waals surface area contributed by atoms with Crippen LogP contribution >= 0.6 is 0 Å². The third-order valence-corrected chi connectivity index (χ3v) is 7.68. The Bertz CT molecular complexity index is 1390. The minimum atomic E-state index is -3.89. The van der Waals surface area contributed by atoms with Gasteiger partial charge in [-0.05, 0) is 56.2 Å². The fourth-order valence-electron chi connectivity index (χ4n) is 3.95. The average molecular weight is 488 g/mol. The van der Waals surface area contributed by atoms with Crippen molar-refractivity contribution in [2.75, 3.05) is 25.0 Å². The Kier molecular flexibility index (Phi) is 6.58. The van der Waals surface area contributed by atoms with Gasteiger partial charge in [0.2, 0.25) is 15.9 Å². The van der Waals surface area contributed by atoms with E-state index in [1.165, 1.54) is 27.1 Å². The van der Waals surface area contributed by atoms with Crippen LogP contribution in [0.4, 0.5) is 5.69 Å². The molecule has 0 radical (unpaired) electrons. The van der Waals surface area contributed by atoms with Crippen molar-refractivity contribution >= 4 is 38.7 Å². The largest absolute Gasteiger partial charge is 0.462 e. The molecule has 1 aliphatic rings. The van der Waals surface area contributed by atoms with Crippen molar-refractivity contribution in [1.82, 2.24) is 8.87 Å². The number of carbonyl (C=O) groups is 2. The molecule has 1 fully saturated rings. The van der Waals surface area contributed by atoms with Gasteiger partial charge in [0.05, 0.1) is 28.5 Å². The zero-order chi connectivity index (χ0) is 24.5. The Morgan fingerprint density at radius 3 is 2.62 bits per heavy atom. The molecule has 1 aromatic heterocycles. The number of ether oxygens (including phenoxy) is 1. The van der Waals surface area contributed by atoms with Crippen molar-refractivity contribution in [2.45, 2.75) is 24.7 Å². The standard InChI is InChI=1S/C23H25N3O7S/c1-3-32-22(28)15-6-8-17(9-7-15)24-21(27)16-5-4-12-26(14-16)34(30,31)18-10-11-19-20(13-18)33-23(29)25(19)2/h6-11,13,16H,3-5,12,14H2,1-2H3,(H,24,27). The molecule has 3 aromatic rings. The van der Waals surface area contributed by atoms with Crippen LogP contribution in [0, 0.1) is 5.92 Å². The smallest absolute Gasteiger partial charge is 0.419 e. The highest BCUT2D eigenvalue weighted by molar-refractivity contribution is 7.89. The summed E-state index contributed by atoms with van der Waals surface area (Å²) >= 11 is 0. The van der Waals surface area contributed by atoms with Crippen molar-refractivity contribution in [3.8, 4) is 0 Å². The summed E-state index contributed by atoms with van der Waals surface area (Å²) in [6.45, 7) is 2.31. The van der Waals surface area contributed by atoms with Gasteiger partial charge >= 0.3 is 11.7 Å². The molecule has 0 aliphatic carbocycles. The number of aromatic nitrogens is 1. The zero-order valence-electron chi connectivity index (χ0n) is 18.8. The van der Waals surface area contributed by atoms with Gasteiger partial charge in [-0.2, -0.15) is 4.31 Å². The highest BCUT2D eigenvalue weighted by Crippen LogP contribution is 2.27. The second-order valence-electron chi connectivity index (χ2n) is 8.05. The van der Waals surface area contributed by atoms with E-state index in [1.807, 2.05) is 0 Å². The number of amides is 1. The van der Waals surface area contributed by atoms with Crippen molar-refractivity contribution in [2.24, 2.45) is 13.0 Å². The number of aryl methyl sites for hydroxylation is 1. The summed E-state index contributed by atoms with van der Waals surface area (Å²) in [5, 5.41) is 2.79. The van der Waals surface area contributed by atoms with Crippen molar-refractivity contribution < 1.29 is 27.2 Å². The van der Waals surface area contributed by atoms with Crippen LogP contribution < -0.4 is 11.1 Å². The van der Waals surface area contributed by atoms with Crippen molar-refractivity contribution in [3.63, 3.8) is 0 Å². The fourth-order valence-corrected chi connectivity index (χ4v) is 5.49. The van der Waals surface area contributed by atoms with Crippen molar-refractivity contribution in [1.29, 1.82) is 0 Å². The van der Waals surface area contributed by atoms with Gasteiger partial charge in [0.15, 0.2) is 5.58 Å². The minimum absolute atomic E-state index is 0.00459. The molecule has 180 valence electrons. The lowest BCUT2D eigenvalue weighted by atomic mass is 9.98. The first kappa shape index (κ1) is 23.7. The number of carbonyl (C=O) groups excluding carboxylic acids is 2. The average Bonchev–Trinajstić information content (AvgIpc) is 3.12. The van der Waals surface area contributed by atoms with Gasteiger partial charge in [0.1, 0.15) is 0 Å². The maximum absolute atomic E-state index is 13.2. The number of hydrogen-bond acceptors (Lipinski definition) is 7. The number of rotatable bonds is 6. The number of piperidine rings is 1. The number of fused-ring (bicyclic) bond motifs is 1. The molecule has 1 atom stereocenters. The van der Waals surface area contributed by atoms with E-state index in [4.69, 9.17) is 9.15 Å². The molecule has 1 saturated heterocycles.